The van der Waals surface area contributed by atoms with E-state index in [1.54, 1.807) is 0 Å². The van der Waals surface area contributed by atoms with Crippen LogP contribution in [-0.2, 0) is 14.3 Å². The minimum absolute atomic E-state index is 0.183. The van der Waals surface area contributed by atoms with E-state index in [0.29, 0.717) is 13.0 Å². The summed E-state index contributed by atoms with van der Waals surface area (Å²) >= 11 is 0. The molecule has 1 N–H and O–H groups in total. The highest BCUT2D eigenvalue weighted by Gasteiger charge is 2.13. The number of ether oxygens (including phenoxy) is 2. The van der Waals surface area contributed by atoms with E-state index in [1.807, 2.05) is 0 Å². The Morgan fingerprint density at radius 1 is 0.625 bits per heavy atom. The van der Waals surface area contributed by atoms with E-state index < -0.39 is 6.10 Å². The summed E-state index contributed by atoms with van der Waals surface area (Å²) in [7, 11) is 0. The first kappa shape index (κ1) is 38.4. The number of aliphatic hydroxyl groups is 1. The van der Waals surface area contributed by atoms with Crippen molar-refractivity contribution in [1.82, 2.24) is 0 Å². The molecular weight excluding hydrogens is 496 g/mol. The van der Waals surface area contributed by atoms with Crippen LogP contribution in [0, 0.1) is 0 Å². The Morgan fingerprint density at radius 2 is 1.12 bits per heavy atom. The van der Waals surface area contributed by atoms with Gasteiger partial charge in [-0.2, -0.15) is 0 Å². The van der Waals surface area contributed by atoms with Gasteiger partial charge in [-0.1, -0.05) is 120 Å². The molecule has 0 aromatic heterocycles. The largest absolute Gasteiger partial charge is 0.457 e. The zero-order chi connectivity index (χ0) is 29.2. The lowest BCUT2D eigenvalue weighted by Gasteiger charge is -2.15. The molecule has 40 heavy (non-hydrogen) atoms. The molecule has 0 aromatic carbocycles. The Labute approximate surface area is 248 Å². The first-order valence-corrected chi connectivity index (χ1v) is 16.7. The first-order valence-electron chi connectivity index (χ1n) is 16.7. The van der Waals surface area contributed by atoms with E-state index in [9.17, 15) is 9.90 Å². The molecule has 0 saturated carbocycles. The van der Waals surface area contributed by atoms with Crippen LogP contribution in [-0.4, -0.2) is 37.0 Å². The van der Waals surface area contributed by atoms with Crippen LogP contribution >= 0.6 is 0 Å². The summed E-state index contributed by atoms with van der Waals surface area (Å²) in [6.07, 6.45) is 41.4. The number of esters is 1. The molecule has 0 radical (unpaired) electrons. The molecule has 4 heteroatoms. The highest BCUT2D eigenvalue weighted by atomic mass is 16.6. The van der Waals surface area contributed by atoms with Gasteiger partial charge in [-0.3, -0.25) is 4.79 Å². The van der Waals surface area contributed by atoms with Crippen LogP contribution in [0.1, 0.15) is 149 Å². The Bertz CT molecular complexity index is 635. The molecule has 0 heterocycles. The van der Waals surface area contributed by atoms with Crippen molar-refractivity contribution in [3.8, 4) is 0 Å². The molecular formula is C36H64O4. The molecule has 0 amide bonds. The monoisotopic (exact) mass is 560 g/mol. The van der Waals surface area contributed by atoms with E-state index in [4.69, 9.17) is 9.47 Å². The van der Waals surface area contributed by atoms with Gasteiger partial charge < -0.3 is 14.6 Å². The highest BCUT2D eigenvalue weighted by Crippen LogP contribution is 2.11. The molecule has 232 valence electrons. The second-order valence-electron chi connectivity index (χ2n) is 10.8. The molecule has 0 aliphatic carbocycles. The number of unbranched alkanes of at least 4 members (excludes halogenated alkanes) is 14. The molecule has 0 bridgehead atoms. The SMILES string of the molecule is CC/C=C\C/C=C\C/C=C\CCCCCCCC(=O)OC(CO)COCCCCCCCC/C=C\CCCCC. The Morgan fingerprint density at radius 3 is 1.73 bits per heavy atom. The van der Waals surface area contributed by atoms with Gasteiger partial charge in [-0.15, -0.1) is 0 Å². The van der Waals surface area contributed by atoms with Crippen molar-refractivity contribution in [1.29, 1.82) is 0 Å². The second kappa shape index (κ2) is 33.6. The van der Waals surface area contributed by atoms with E-state index in [2.05, 4.69) is 62.5 Å². The minimum atomic E-state index is -0.544. The minimum Gasteiger partial charge on any atom is -0.457 e. The van der Waals surface area contributed by atoms with Gasteiger partial charge in [0.05, 0.1) is 13.2 Å². The molecule has 1 unspecified atom stereocenters. The number of carbonyl (C=O) groups is 1. The number of aliphatic hydroxyl groups excluding tert-OH is 1. The maximum absolute atomic E-state index is 12.1. The van der Waals surface area contributed by atoms with Crippen LogP contribution in [0.5, 0.6) is 0 Å². The van der Waals surface area contributed by atoms with Gasteiger partial charge in [-0.25, -0.2) is 0 Å². The average Bonchev–Trinajstić information content (AvgIpc) is 2.96. The molecule has 0 rings (SSSR count). The summed E-state index contributed by atoms with van der Waals surface area (Å²) in [6, 6.07) is 0. The highest BCUT2D eigenvalue weighted by molar-refractivity contribution is 5.69. The zero-order valence-electron chi connectivity index (χ0n) is 26.3. The predicted molar refractivity (Wildman–Crippen MR) is 173 cm³/mol. The van der Waals surface area contributed by atoms with Crippen LogP contribution in [0.3, 0.4) is 0 Å². The third-order valence-electron chi connectivity index (χ3n) is 6.89. The summed E-state index contributed by atoms with van der Waals surface area (Å²) < 4.78 is 11.1. The third-order valence-corrected chi connectivity index (χ3v) is 6.89. The van der Waals surface area contributed by atoms with E-state index in [1.165, 1.54) is 77.0 Å². The molecule has 0 aromatic rings. The maximum atomic E-state index is 12.1. The maximum Gasteiger partial charge on any atom is 0.306 e. The van der Waals surface area contributed by atoms with E-state index in [0.717, 1.165) is 51.4 Å². The Balaban J connectivity index is 3.51. The summed E-state index contributed by atoms with van der Waals surface area (Å²) in [5, 5.41) is 9.52. The number of rotatable bonds is 30. The molecule has 0 aliphatic rings. The van der Waals surface area contributed by atoms with Crippen LogP contribution < -0.4 is 0 Å². The number of hydrogen-bond donors (Lipinski definition) is 1. The molecule has 0 spiro atoms. The number of allylic oxidation sites excluding steroid dienone is 8. The van der Waals surface area contributed by atoms with Gasteiger partial charge in [0.2, 0.25) is 0 Å². The van der Waals surface area contributed by atoms with Gasteiger partial charge >= 0.3 is 5.97 Å². The summed E-state index contributed by atoms with van der Waals surface area (Å²) in [5.74, 6) is -0.223. The van der Waals surface area contributed by atoms with Crippen molar-refractivity contribution < 1.29 is 19.4 Å². The van der Waals surface area contributed by atoms with E-state index >= 15 is 0 Å². The average molecular weight is 561 g/mol. The number of carbonyl (C=O) groups excluding carboxylic acids is 1. The van der Waals surface area contributed by atoms with Crippen molar-refractivity contribution in [2.24, 2.45) is 0 Å². The Hall–Kier alpha value is -1.65. The first-order chi connectivity index (χ1) is 19.7. The van der Waals surface area contributed by atoms with Gasteiger partial charge in [0.15, 0.2) is 0 Å². The van der Waals surface area contributed by atoms with Gasteiger partial charge in [-0.05, 0) is 70.6 Å². The smallest absolute Gasteiger partial charge is 0.306 e. The molecule has 0 aliphatic heterocycles. The molecule has 4 nitrogen and oxygen atoms in total. The molecule has 0 saturated heterocycles. The van der Waals surface area contributed by atoms with Gasteiger partial charge in [0.1, 0.15) is 6.10 Å². The lowest BCUT2D eigenvalue weighted by Crippen LogP contribution is -2.27. The number of hydrogen-bond acceptors (Lipinski definition) is 4. The van der Waals surface area contributed by atoms with Crippen molar-refractivity contribution in [3.05, 3.63) is 48.6 Å². The van der Waals surface area contributed by atoms with Crippen LogP contribution in [0.4, 0.5) is 0 Å². The fraction of sp³-hybridized carbons (Fsp3) is 0.750. The summed E-state index contributed by atoms with van der Waals surface area (Å²) in [4.78, 5) is 12.1. The lowest BCUT2D eigenvalue weighted by atomic mass is 10.1. The van der Waals surface area contributed by atoms with Crippen molar-refractivity contribution in [2.75, 3.05) is 19.8 Å². The van der Waals surface area contributed by atoms with E-state index in [-0.39, 0.29) is 19.2 Å². The fourth-order valence-electron chi connectivity index (χ4n) is 4.39. The van der Waals surface area contributed by atoms with Crippen LogP contribution in [0.25, 0.3) is 0 Å². The lowest BCUT2D eigenvalue weighted by molar-refractivity contribution is -0.154. The van der Waals surface area contributed by atoms with Crippen molar-refractivity contribution >= 4 is 5.97 Å². The topological polar surface area (TPSA) is 55.8 Å². The van der Waals surface area contributed by atoms with Crippen LogP contribution in [0.15, 0.2) is 48.6 Å². The standard InChI is InChI=1S/C36H64O4/c1-3-5-7-9-11-13-15-17-18-19-21-23-25-27-29-31-36(38)40-35(33-37)34-39-32-30-28-26-24-22-20-16-14-12-10-8-6-4-2/h5,7,11-14,17-18,35,37H,3-4,6,8-10,15-16,19-34H2,1-2H3/b7-5-,13-11-,14-12-,18-17-. The molecule has 0 fully saturated rings. The quantitative estimate of drug-likeness (QED) is 0.0539. The predicted octanol–water partition coefficient (Wildman–Crippen LogP) is 10.4. The fourth-order valence-corrected chi connectivity index (χ4v) is 4.39. The molecule has 1 atom stereocenters. The van der Waals surface area contributed by atoms with Gasteiger partial charge in [0.25, 0.3) is 0 Å². The van der Waals surface area contributed by atoms with Crippen molar-refractivity contribution in [3.63, 3.8) is 0 Å². The second-order valence-corrected chi connectivity index (χ2v) is 10.8. The summed E-state index contributed by atoms with van der Waals surface area (Å²) in [6.45, 7) is 5.17. The zero-order valence-corrected chi connectivity index (χ0v) is 26.3. The van der Waals surface area contributed by atoms with Crippen molar-refractivity contribution in [2.45, 2.75) is 155 Å². The normalized spacial score (nSPS) is 13.0. The summed E-state index contributed by atoms with van der Waals surface area (Å²) in [5.41, 5.74) is 0. The third kappa shape index (κ3) is 30.9. The van der Waals surface area contributed by atoms with Crippen LogP contribution in [0.2, 0.25) is 0 Å². The Kier molecular flexibility index (Phi) is 32.2. The van der Waals surface area contributed by atoms with Gasteiger partial charge in [0, 0.05) is 13.0 Å².